The Labute approximate surface area is 159 Å². The minimum atomic E-state index is -0.0997. The quantitative estimate of drug-likeness (QED) is 0.799. The fourth-order valence-electron chi connectivity index (χ4n) is 4.50. The van der Waals surface area contributed by atoms with Crippen LogP contribution in [0.15, 0.2) is 24.3 Å². The molecule has 27 heavy (non-hydrogen) atoms. The van der Waals surface area contributed by atoms with Crippen molar-refractivity contribution in [3.63, 3.8) is 0 Å². The van der Waals surface area contributed by atoms with Crippen molar-refractivity contribution in [1.29, 1.82) is 0 Å². The molecule has 2 atom stereocenters. The van der Waals surface area contributed by atoms with Crippen LogP contribution in [-0.2, 0) is 4.79 Å². The zero-order valence-corrected chi connectivity index (χ0v) is 15.7. The first kappa shape index (κ1) is 18.0. The summed E-state index contributed by atoms with van der Waals surface area (Å²) in [6.45, 7) is 1.52. The molecule has 1 aromatic rings. The third-order valence-corrected chi connectivity index (χ3v) is 6.02. The Hall–Kier alpha value is -2.37. The first-order valence-corrected chi connectivity index (χ1v) is 10.0. The SMILES string of the molecule is CC(=O)c1cccc(NC(=O)N2[C@@H]3CCC[C@@H]2CC(NC(=O)C2CC2)C3)c1. The molecule has 0 radical (unpaired) electrons. The minimum Gasteiger partial charge on any atom is -0.353 e. The summed E-state index contributed by atoms with van der Waals surface area (Å²) in [5, 5.41) is 6.17. The van der Waals surface area contributed by atoms with Gasteiger partial charge in [0.25, 0.3) is 0 Å². The van der Waals surface area contributed by atoms with Crippen LogP contribution in [0.5, 0.6) is 0 Å². The smallest absolute Gasteiger partial charge is 0.322 e. The zero-order valence-electron chi connectivity index (χ0n) is 15.7. The lowest BCUT2D eigenvalue weighted by molar-refractivity contribution is -0.123. The molecule has 1 saturated carbocycles. The summed E-state index contributed by atoms with van der Waals surface area (Å²) in [5.41, 5.74) is 1.24. The van der Waals surface area contributed by atoms with Gasteiger partial charge in [-0.25, -0.2) is 4.79 Å². The van der Waals surface area contributed by atoms with E-state index in [1.807, 2.05) is 11.0 Å². The highest BCUT2D eigenvalue weighted by Crippen LogP contribution is 2.36. The molecular formula is C21H27N3O3. The van der Waals surface area contributed by atoms with Gasteiger partial charge in [0.05, 0.1) is 0 Å². The van der Waals surface area contributed by atoms with Gasteiger partial charge in [-0.2, -0.15) is 0 Å². The molecule has 2 N–H and O–H groups in total. The van der Waals surface area contributed by atoms with E-state index >= 15 is 0 Å². The molecule has 2 bridgehead atoms. The van der Waals surface area contributed by atoms with E-state index in [0.29, 0.717) is 11.3 Å². The molecule has 1 aliphatic carbocycles. The predicted molar refractivity (Wildman–Crippen MR) is 103 cm³/mol. The molecule has 6 nitrogen and oxygen atoms in total. The second kappa shape index (κ2) is 7.33. The Morgan fingerprint density at radius 1 is 1.04 bits per heavy atom. The number of rotatable bonds is 4. The monoisotopic (exact) mass is 369 g/mol. The maximum absolute atomic E-state index is 13.0. The summed E-state index contributed by atoms with van der Waals surface area (Å²) in [5.74, 6) is 0.395. The fourth-order valence-corrected chi connectivity index (χ4v) is 4.50. The lowest BCUT2D eigenvalue weighted by Gasteiger charge is -2.48. The van der Waals surface area contributed by atoms with Crippen molar-refractivity contribution >= 4 is 23.4 Å². The van der Waals surface area contributed by atoms with Crippen LogP contribution in [0.3, 0.4) is 0 Å². The van der Waals surface area contributed by atoms with Gasteiger partial charge in [0.1, 0.15) is 0 Å². The summed E-state index contributed by atoms with van der Waals surface area (Å²) in [4.78, 5) is 38.6. The summed E-state index contributed by atoms with van der Waals surface area (Å²) in [6.07, 6.45) is 6.77. The number of nitrogens with one attached hydrogen (secondary N) is 2. The van der Waals surface area contributed by atoms with Gasteiger partial charge < -0.3 is 15.5 Å². The standard InChI is InChI=1S/C21H27N3O3/c1-13(25)15-4-2-5-16(10-15)23-21(27)24-18-6-3-7-19(24)12-17(11-18)22-20(26)14-8-9-14/h2,4-5,10,14,17-19H,3,6-9,11-12H2,1H3,(H,22,26)(H,23,27)/t18-,19-/m1/s1. The van der Waals surface area contributed by atoms with Crippen molar-refractivity contribution in [3.8, 4) is 0 Å². The Morgan fingerprint density at radius 3 is 2.37 bits per heavy atom. The minimum absolute atomic E-state index is 0.0183. The van der Waals surface area contributed by atoms with Crippen LogP contribution in [0, 0.1) is 5.92 Å². The molecular weight excluding hydrogens is 342 g/mol. The number of fused-ring (bicyclic) bond motifs is 2. The molecule has 3 fully saturated rings. The normalized spacial score (nSPS) is 27.0. The average Bonchev–Trinajstić information content (AvgIpc) is 3.46. The second-order valence-electron chi connectivity index (χ2n) is 8.16. The van der Waals surface area contributed by atoms with Crippen molar-refractivity contribution in [2.75, 3.05) is 5.32 Å². The van der Waals surface area contributed by atoms with E-state index in [-0.39, 0.29) is 41.8 Å². The predicted octanol–water partition coefficient (Wildman–Crippen LogP) is 3.33. The largest absolute Gasteiger partial charge is 0.353 e. The summed E-state index contributed by atoms with van der Waals surface area (Å²) in [7, 11) is 0. The van der Waals surface area contributed by atoms with Crippen molar-refractivity contribution in [3.05, 3.63) is 29.8 Å². The van der Waals surface area contributed by atoms with Gasteiger partial charge in [-0.15, -0.1) is 0 Å². The van der Waals surface area contributed by atoms with Gasteiger partial charge in [-0.05, 0) is 64.0 Å². The van der Waals surface area contributed by atoms with E-state index in [0.717, 1.165) is 44.9 Å². The highest BCUT2D eigenvalue weighted by atomic mass is 16.2. The Kier molecular flexibility index (Phi) is 4.89. The van der Waals surface area contributed by atoms with Crippen LogP contribution in [0.25, 0.3) is 0 Å². The number of benzene rings is 1. The number of amides is 3. The molecule has 0 aromatic heterocycles. The average molecular weight is 369 g/mol. The van der Waals surface area contributed by atoms with Crippen molar-refractivity contribution in [2.24, 2.45) is 5.92 Å². The number of ketones is 1. The summed E-state index contributed by atoms with van der Waals surface area (Å²) >= 11 is 0. The first-order chi connectivity index (χ1) is 13.0. The van der Waals surface area contributed by atoms with Crippen LogP contribution in [0.2, 0.25) is 0 Å². The lowest BCUT2D eigenvalue weighted by Crippen LogP contribution is -2.59. The number of Topliss-reactive ketones (excluding diaryl/α,β-unsaturated/α-hetero) is 1. The van der Waals surface area contributed by atoms with E-state index < -0.39 is 0 Å². The number of piperidine rings is 2. The lowest BCUT2D eigenvalue weighted by atomic mass is 9.82. The van der Waals surface area contributed by atoms with Gasteiger partial charge in [-0.3, -0.25) is 9.59 Å². The topological polar surface area (TPSA) is 78.5 Å². The molecule has 1 aromatic carbocycles. The van der Waals surface area contributed by atoms with Gasteiger partial charge in [-0.1, -0.05) is 12.1 Å². The molecule has 3 aliphatic rings. The van der Waals surface area contributed by atoms with Crippen molar-refractivity contribution in [1.82, 2.24) is 10.2 Å². The van der Waals surface area contributed by atoms with Crippen LogP contribution in [-0.4, -0.2) is 40.7 Å². The van der Waals surface area contributed by atoms with Gasteiger partial charge in [0, 0.05) is 35.3 Å². The number of hydrogen-bond acceptors (Lipinski definition) is 3. The highest BCUT2D eigenvalue weighted by molar-refractivity contribution is 5.96. The molecule has 6 heteroatoms. The molecule has 144 valence electrons. The fraction of sp³-hybridized carbons (Fsp3) is 0.571. The van der Waals surface area contributed by atoms with Crippen LogP contribution in [0.1, 0.15) is 62.2 Å². The van der Waals surface area contributed by atoms with Gasteiger partial charge >= 0.3 is 6.03 Å². The first-order valence-electron chi connectivity index (χ1n) is 10.0. The third-order valence-electron chi connectivity index (χ3n) is 6.02. The van der Waals surface area contributed by atoms with E-state index in [9.17, 15) is 14.4 Å². The van der Waals surface area contributed by atoms with E-state index in [2.05, 4.69) is 10.6 Å². The Morgan fingerprint density at radius 2 is 1.74 bits per heavy atom. The number of anilines is 1. The Balaban J connectivity index is 1.42. The van der Waals surface area contributed by atoms with Gasteiger partial charge in [0.2, 0.25) is 5.91 Å². The van der Waals surface area contributed by atoms with E-state index in [4.69, 9.17) is 0 Å². The van der Waals surface area contributed by atoms with Crippen LogP contribution >= 0.6 is 0 Å². The maximum Gasteiger partial charge on any atom is 0.322 e. The summed E-state index contributed by atoms with van der Waals surface area (Å²) < 4.78 is 0. The second-order valence-corrected chi connectivity index (χ2v) is 8.16. The highest BCUT2D eigenvalue weighted by Gasteiger charge is 2.42. The van der Waals surface area contributed by atoms with E-state index in [1.54, 1.807) is 18.2 Å². The van der Waals surface area contributed by atoms with E-state index in [1.165, 1.54) is 6.92 Å². The zero-order chi connectivity index (χ0) is 19.0. The number of nitrogens with zero attached hydrogens (tertiary/aromatic N) is 1. The molecule has 0 unspecified atom stereocenters. The van der Waals surface area contributed by atoms with Crippen molar-refractivity contribution < 1.29 is 14.4 Å². The van der Waals surface area contributed by atoms with Crippen LogP contribution < -0.4 is 10.6 Å². The molecule has 4 rings (SSSR count). The number of carbonyl (C=O) groups is 3. The molecule has 3 amide bonds. The Bertz CT molecular complexity index is 745. The molecule has 2 aliphatic heterocycles. The third kappa shape index (κ3) is 3.99. The van der Waals surface area contributed by atoms with Crippen LogP contribution in [0.4, 0.5) is 10.5 Å². The molecule has 2 saturated heterocycles. The maximum atomic E-state index is 13.0. The number of urea groups is 1. The molecule has 2 heterocycles. The number of hydrogen-bond donors (Lipinski definition) is 2. The van der Waals surface area contributed by atoms with Gasteiger partial charge in [0.15, 0.2) is 5.78 Å². The van der Waals surface area contributed by atoms with Crippen molar-refractivity contribution in [2.45, 2.75) is 70.0 Å². The number of carbonyl (C=O) groups excluding carboxylic acids is 3. The molecule has 0 spiro atoms. The summed E-state index contributed by atoms with van der Waals surface area (Å²) in [6, 6.07) is 7.47.